The molecule has 39 heavy (non-hydrogen) atoms. The van der Waals surface area contributed by atoms with E-state index in [-0.39, 0.29) is 5.91 Å². The zero-order chi connectivity index (χ0) is 27.3. The van der Waals surface area contributed by atoms with E-state index in [1.165, 1.54) is 11.1 Å². The van der Waals surface area contributed by atoms with Crippen molar-refractivity contribution < 1.29 is 19.0 Å². The molecule has 0 unspecified atom stereocenters. The molecule has 208 valence electrons. The molecule has 1 fully saturated rings. The summed E-state index contributed by atoms with van der Waals surface area (Å²) in [5.41, 5.74) is 3.27. The van der Waals surface area contributed by atoms with Gasteiger partial charge in [-0.25, -0.2) is 0 Å². The van der Waals surface area contributed by atoms with Crippen molar-refractivity contribution >= 4 is 5.91 Å². The first-order chi connectivity index (χ1) is 19.2. The average molecular weight is 531 g/mol. The highest BCUT2D eigenvalue weighted by Crippen LogP contribution is 2.30. The summed E-state index contributed by atoms with van der Waals surface area (Å²) in [4.78, 5) is 16.0. The number of benzene rings is 3. The number of ether oxygens (including phenoxy) is 3. The number of hydrogen-bond acceptors (Lipinski definition) is 5. The van der Waals surface area contributed by atoms with Gasteiger partial charge in [-0.15, -0.1) is 0 Å². The summed E-state index contributed by atoms with van der Waals surface area (Å²) in [6.07, 6.45) is 3.64. The molecular weight excluding hydrogens is 488 g/mol. The summed E-state index contributed by atoms with van der Waals surface area (Å²) < 4.78 is 16.6. The minimum absolute atomic E-state index is 0.0396. The Morgan fingerprint density at radius 3 is 2.28 bits per heavy atom. The van der Waals surface area contributed by atoms with Crippen LogP contribution in [0.4, 0.5) is 0 Å². The zero-order valence-electron chi connectivity index (χ0n) is 23.3. The molecule has 1 saturated heterocycles. The molecule has 6 heteroatoms. The molecule has 1 amide bonds. The maximum absolute atomic E-state index is 14.0. The molecule has 3 aromatic rings. The SMILES string of the molecule is COCCCOc1cc(C(=O)N(CCCc2ccccc2)C[C@H]2CNC[C@@H]2Cc2ccccc2)ccc1OC. The van der Waals surface area contributed by atoms with Gasteiger partial charge in [0.1, 0.15) is 0 Å². The summed E-state index contributed by atoms with van der Waals surface area (Å²) in [5.74, 6) is 2.15. The first-order valence-corrected chi connectivity index (χ1v) is 14.1. The fourth-order valence-electron chi connectivity index (χ4n) is 5.32. The molecule has 1 heterocycles. The predicted molar refractivity (Wildman–Crippen MR) is 156 cm³/mol. The normalized spacial score (nSPS) is 16.7. The molecule has 1 aliphatic rings. The minimum Gasteiger partial charge on any atom is -0.493 e. The van der Waals surface area contributed by atoms with Crippen LogP contribution in [0, 0.1) is 11.8 Å². The molecule has 0 saturated carbocycles. The third-order valence-corrected chi connectivity index (χ3v) is 7.46. The maximum atomic E-state index is 14.0. The highest BCUT2D eigenvalue weighted by atomic mass is 16.5. The van der Waals surface area contributed by atoms with Crippen LogP contribution in [0.1, 0.15) is 34.3 Å². The van der Waals surface area contributed by atoms with Crippen molar-refractivity contribution in [3.05, 3.63) is 95.6 Å². The number of nitrogens with one attached hydrogen (secondary N) is 1. The van der Waals surface area contributed by atoms with Crippen molar-refractivity contribution in [1.29, 1.82) is 0 Å². The van der Waals surface area contributed by atoms with Gasteiger partial charge in [-0.2, -0.15) is 0 Å². The summed E-state index contributed by atoms with van der Waals surface area (Å²) in [5, 5.41) is 3.58. The summed E-state index contributed by atoms with van der Waals surface area (Å²) >= 11 is 0. The zero-order valence-corrected chi connectivity index (χ0v) is 23.3. The molecule has 0 bridgehead atoms. The van der Waals surface area contributed by atoms with Crippen molar-refractivity contribution in [3.8, 4) is 11.5 Å². The largest absolute Gasteiger partial charge is 0.493 e. The van der Waals surface area contributed by atoms with Crippen LogP contribution in [0.5, 0.6) is 11.5 Å². The van der Waals surface area contributed by atoms with Crippen LogP contribution in [0.2, 0.25) is 0 Å². The Balaban J connectivity index is 1.49. The molecule has 2 atom stereocenters. The lowest BCUT2D eigenvalue weighted by molar-refractivity contribution is 0.0717. The first-order valence-electron chi connectivity index (χ1n) is 14.1. The van der Waals surface area contributed by atoms with Crippen molar-refractivity contribution in [3.63, 3.8) is 0 Å². The van der Waals surface area contributed by atoms with Gasteiger partial charge >= 0.3 is 0 Å². The van der Waals surface area contributed by atoms with Gasteiger partial charge in [-0.3, -0.25) is 4.79 Å². The molecule has 0 aromatic heterocycles. The van der Waals surface area contributed by atoms with Crippen LogP contribution in [-0.2, 0) is 17.6 Å². The molecule has 1 aliphatic heterocycles. The number of rotatable bonds is 15. The first kappa shape index (κ1) is 28.7. The number of amides is 1. The predicted octanol–water partition coefficient (Wildman–Crippen LogP) is 5.26. The van der Waals surface area contributed by atoms with E-state index in [1.54, 1.807) is 14.2 Å². The molecule has 4 rings (SSSR count). The Labute approximate surface area is 233 Å². The molecule has 3 aromatic carbocycles. The van der Waals surface area contributed by atoms with Gasteiger partial charge in [0.15, 0.2) is 11.5 Å². The number of nitrogens with zero attached hydrogens (tertiary/aromatic N) is 1. The lowest BCUT2D eigenvalue weighted by Crippen LogP contribution is -2.39. The number of carbonyl (C=O) groups excluding carboxylic acids is 1. The van der Waals surface area contributed by atoms with Gasteiger partial charge in [0.05, 0.1) is 13.7 Å². The third-order valence-electron chi connectivity index (χ3n) is 7.46. The van der Waals surface area contributed by atoms with Crippen LogP contribution in [0.25, 0.3) is 0 Å². The van der Waals surface area contributed by atoms with Crippen LogP contribution in [0.15, 0.2) is 78.9 Å². The van der Waals surface area contributed by atoms with Crippen molar-refractivity contribution in [2.24, 2.45) is 11.8 Å². The van der Waals surface area contributed by atoms with E-state index in [0.29, 0.717) is 48.7 Å². The topological polar surface area (TPSA) is 60.0 Å². The fourth-order valence-corrected chi connectivity index (χ4v) is 5.32. The summed E-state index contributed by atoms with van der Waals surface area (Å²) in [6, 6.07) is 26.7. The summed E-state index contributed by atoms with van der Waals surface area (Å²) in [7, 11) is 3.30. The van der Waals surface area contributed by atoms with E-state index in [0.717, 1.165) is 45.3 Å². The number of methoxy groups -OCH3 is 2. The monoisotopic (exact) mass is 530 g/mol. The quantitative estimate of drug-likeness (QED) is 0.272. The Hall–Kier alpha value is -3.35. The van der Waals surface area contributed by atoms with Gasteiger partial charge in [0.2, 0.25) is 0 Å². The van der Waals surface area contributed by atoms with E-state index in [4.69, 9.17) is 14.2 Å². The van der Waals surface area contributed by atoms with Gasteiger partial charge < -0.3 is 24.4 Å². The second kappa shape index (κ2) is 15.3. The molecular formula is C33H42N2O4. The molecule has 0 aliphatic carbocycles. The molecule has 0 radical (unpaired) electrons. The van der Waals surface area contributed by atoms with Gasteiger partial charge in [0, 0.05) is 38.8 Å². The van der Waals surface area contributed by atoms with E-state index in [2.05, 4.69) is 64.8 Å². The Morgan fingerprint density at radius 2 is 1.56 bits per heavy atom. The lowest BCUT2D eigenvalue weighted by Gasteiger charge is -2.29. The molecule has 0 spiro atoms. The maximum Gasteiger partial charge on any atom is 0.254 e. The van der Waals surface area contributed by atoms with Crippen LogP contribution in [-0.4, -0.2) is 64.4 Å². The Bertz CT molecular complexity index is 1140. The van der Waals surface area contributed by atoms with E-state index < -0.39 is 0 Å². The number of carbonyl (C=O) groups is 1. The number of aryl methyl sites for hydroxylation is 1. The number of hydrogen-bond donors (Lipinski definition) is 1. The smallest absolute Gasteiger partial charge is 0.254 e. The Morgan fingerprint density at radius 1 is 0.846 bits per heavy atom. The van der Waals surface area contributed by atoms with Crippen LogP contribution < -0.4 is 14.8 Å². The van der Waals surface area contributed by atoms with Crippen LogP contribution in [0.3, 0.4) is 0 Å². The van der Waals surface area contributed by atoms with Gasteiger partial charge in [-0.05, 0) is 73.5 Å². The molecule has 6 nitrogen and oxygen atoms in total. The summed E-state index contributed by atoms with van der Waals surface area (Å²) in [6.45, 7) is 4.46. The lowest BCUT2D eigenvalue weighted by atomic mass is 9.89. The second-order valence-electron chi connectivity index (χ2n) is 10.3. The second-order valence-corrected chi connectivity index (χ2v) is 10.3. The highest BCUT2D eigenvalue weighted by molar-refractivity contribution is 5.95. The van der Waals surface area contributed by atoms with Crippen molar-refractivity contribution in [1.82, 2.24) is 10.2 Å². The minimum atomic E-state index is 0.0396. The molecule has 1 N–H and O–H groups in total. The highest BCUT2D eigenvalue weighted by Gasteiger charge is 2.30. The average Bonchev–Trinajstić information content (AvgIpc) is 3.41. The van der Waals surface area contributed by atoms with Crippen molar-refractivity contribution in [2.45, 2.75) is 25.7 Å². The fraction of sp³-hybridized carbons (Fsp3) is 0.424. The van der Waals surface area contributed by atoms with Crippen LogP contribution >= 0.6 is 0 Å². The standard InChI is InChI=1S/C33H42N2O4/c1-37-19-10-20-39-32-22-28(16-17-31(32)38-2)33(36)35(18-9-15-26-11-5-3-6-12-26)25-30-24-34-23-29(30)21-27-13-7-4-8-14-27/h3-8,11-14,16-17,22,29-30,34H,9-10,15,18-21,23-25H2,1-2H3/t29-,30+/m0/s1. The van der Waals surface area contributed by atoms with Crippen molar-refractivity contribution in [2.75, 3.05) is 53.6 Å². The van der Waals surface area contributed by atoms with E-state index in [1.807, 2.05) is 24.3 Å². The van der Waals surface area contributed by atoms with E-state index in [9.17, 15) is 4.79 Å². The third kappa shape index (κ3) is 8.57. The Kier molecular flexibility index (Phi) is 11.2. The van der Waals surface area contributed by atoms with E-state index >= 15 is 0 Å². The van der Waals surface area contributed by atoms with Gasteiger partial charge in [0.25, 0.3) is 5.91 Å². The van der Waals surface area contributed by atoms with Gasteiger partial charge in [-0.1, -0.05) is 60.7 Å².